The highest BCUT2D eigenvalue weighted by Gasteiger charge is 2.46. The molecule has 1 saturated carbocycles. The number of halogens is 1. The lowest BCUT2D eigenvalue weighted by Crippen LogP contribution is -2.43. The predicted molar refractivity (Wildman–Crippen MR) is 76.0 cm³/mol. The van der Waals surface area contributed by atoms with E-state index in [0.717, 1.165) is 17.3 Å². The largest absolute Gasteiger partial charge is 0.346 e. The van der Waals surface area contributed by atoms with Gasteiger partial charge in [0.15, 0.2) is 0 Å². The lowest BCUT2D eigenvalue weighted by atomic mass is 10.0. The summed E-state index contributed by atoms with van der Waals surface area (Å²) in [6, 6.07) is 8.01. The lowest BCUT2D eigenvalue weighted by molar-refractivity contribution is -0.126. The Bertz CT molecular complexity index is 455. The van der Waals surface area contributed by atoms with Gasteiger partial charge >= 0.3 is 0 Å². The van der Waals surface area contributed by atoms with E-state index in [1.165, 1.54) is 5.56 Å². The number of rotatable bonds is 4. The SMILES string of the molecule is CC(N)C(C)C(=O)NC1(c2cccc(Br)c2)CC1. The Labute approximate surface area is 116 Å². The molecule has 1 aromatic rings. The number of nitrogens with one attached hydrogen (secondary N) is 1. The van der Waals surface area contributed by atoms with Gasteiger partial charge in [0.05, 0.1) is 5.54 Å². The molecule has 2 rings (SSSR count). The van der Waals surface area contributed by atoms with Crippen LogP contribution in [0.25, 0.3) is 0 Å². The van der Waals surface area contributed by atoms with Gasteiger partial charge in [-0.3, -0.25) is 4.79 Å². The van der Waals surface area contributed by atoms with Crippen molar-refractivity contribution in [1.29, 1.82) is 0 Å². The van der Waals surface area contributed by atoms with Crippen LogP contribution < -0.4 is 11.1 Å². The summed E-state index contributed by atoms with van der Waals surface area (Å²) in [7, 11) is 0. The zero-order valence-electron chi connectivity index (χ0n) is 10.7. The van der Waals surface area contributed by atoms with Crippen LogP contribution in [-0.4, -0.2) is 11.9 Å². The molecule has 3 nitrogen and oxygen atoms in total. The van der Waals surface area contributed by atoms with Crippen LogP contribution in [0.3, 0.4) is 0 Å². The number of carbonyl (C=O) groups is 1. The minimum absolute atomic E-state index is 0.0440. The fraction of sp³-hybridized carbons (Fsp3) is 0.500. The van der Waals surface area contributed by atoms with Crippen LogP contribution in [0, 0.1) is 5.92 Å². The van der Waals surface area contributed by atoms with Gasteiger partial charge in [0.1, 0.15) is 0 Å². The first-order valence-corrected chi connectivity index (χ1v) is 7.07. The molecule has 0 spiro atoms. The van der Waals surface area contributed by atoms with Crippen LogP contribution in [0.1, 0.15) is 32.3 Å². The monoisotopic (exact) mass is 310 g/mol. The Hall–Kier alpha value is -0.870. The van der Waals surface area contributed by atoms with Crippen molar-refractivity contribution in [3.8, 4) is 0 Å². The van der Waals surface area contributed by atoms with E-state index in [9.17, 15) is 4.79 Å². The summed E-state index contributed by atoms with van der Waals surface area (Å²) in [6.45, 7) is 3.74. The highest BCUT2D eigenvalue weighted by atomic mass is 79.9. The van der Waals surface area contributed by atoms with Crippen molar-refractivity contribution in [3.63, 3.8) is 0 Å². The summed E-state index contributed by atoms with van der Waals surface area (Å²) in [5.41, 5.74) is 6.78. The van der Waals surface area contributed by atoms with Crippen LogP contribution in [0.5, 0.6) is 0 Å². The highest BCUT2D eigenvalue weighted by molar-refractivity contribution is 9.10. The Morgan fingerprint density at radius 3 is 2.61 bits per heavy atom. The molecule has 0 heterocycles. The summed E-state index contributed by atoms with van der Waals surface area (Å²) >= 11 is 3.47. The predicted octanol–water partition coefficient (Wildman–Crippen LogP) is 2.54. The van der Waals surface area contributed by atoms with Crippen LogP contribution in [0.4, 0.5) is 0 Å². The summed E-state index contributed by atoms with van der Waals surface area (Å²) < 4.78 is 1.04. The maximum atomic E-state index is 12.1. The van der Waals surface area contributed by atoms with E-state index < -0.39 is 0 Å². The fourth-order valence-corrected chi connectivity index (χ4v) is 2.38. The third kappa shape index (κ3) is 2.75. The number of benzene rings is 1. The van der Waals surface area contributed by atoms with Crippen LogP contribution in [0.15, 0.2) is 28.7 Å². The number of carbonyl (C=O) groups excluding carboxylic acids is 1. The van der Waals surface area contributed by atoms with Gasteiger partial charge < -0.3 is 11.1 Å². The smallest absolute Gasteiger partial charge is 0.225 e. The minimum Gasteiger partial charge on any atom is -0.346 e. The zero-order chi connectivity index (χ0) is 13.3. The molecule has 0 radical (unpaired) electrons. The van der Waals surface area contributed by atoms with Crippen molar-refractivity contribution >= 4 is 21.8 Å². The van der Waals surface area contributed by atoms with Gasteiger partial charge in [0, 0.05) is 16.4 Å². The molecule has 1 aliphatic rings. The normalized spacial score (nSPS) is 20.0. The summed E-state index contributed by atoms with van der Waals surface area (Å²) in [5, 5.41) is 3.15. The molecule has 1 amide bonds. The molecule has 0 bridgehead atoms. The Balaban J connectivity index is 2.11. The van der Waals surface area contributed by atoms with Gasteiger partial charge in [-0.15, -0.1) is 0 Å². The second kappa shape index (κ2) is 5.02. The van der Waals surface area contributed by atoms with Gasteiger partial charge in [0.2, 0.25) is 5.91 Å². The first kappa shape index (κ1) is 13.6. The molecular weight excluding hydrogens is 292 g/mol. The molecule has 1 aromatic carbocycles. The van der Waals surface area contributed by atoms with E-state index >= 15 is 0 Å². The van der Waals surface area contributed by atoms with E-state index in [2.05, 4.69) is 33.4 Å². The van der Waals surface area contributed by atoms with E-state index in [4.69, 9.17) is 5.73 Å². The van der Waals surface area contributed by atoms with E-state index in [-0.39, 0.29) is 23.4 Å². The average molecular weight is 311 g/mol. The van der Waals surface area contributed by atoms with Gasteiger partial charge in [0.25, 0.3) is 0 Å². The van der Waals surface area contributed by atoms with Crippen molar-refractivity contribution in [1.82, 2.24) is 5.32 Å². The average Bonchev–Trinajstić information content (AvgIpc) is 3.09. The molecule has 18 heavy (non-hydrogen) atoms. The van der Waals surface area contributed by atoms with Gasteiger partial charge in [-0.2, -0.15) is 0 Å². The molecule has 1 aliphatic carbocycles. The molecule has 0 aromatic heterocycles. The van der Waals surface area contributed by atoms with Crippen molar-refractivity contribution in [3.05, 3.63) is 34.3 Å². The topological polar surface area (TPSA) is 55.1 Å². The Morgan fingerprint density at radius 2 is 2.11 bits per heavy atom. The van der Waals surface area contributed by atoms with Gasteiger partial charge in [-0.1, -0.05) is 35.0 Å². The Kier molecular flexibility index (Phi) is 3.78. The molecule has 4 heteroatoms. The van der Waals surface area contributed by atoms with Gasteiger partial charge in [-0.05, 0) is 37.5 Å². The quantitative estimate of drug-likeness (QED) is 0.898. The molecule has 0 saturated heterocycles. The van der Waals surface area contributed by atoms with Crippen LogP contribution in [-0.2, 0) is 10.3 Å². The molecule has 0 aliphatic heterocycles. The van der Waals surface area contributed by atoms with Crippen molar-refractivity contribution < 1.29 is 4.79 Å². The maximum Gasteiger partial charge on any atom is 0.225 e. The fourth-order valence-electron chi connectivity index (χ4n) is 1.99. The third-order valence-corrected chi connectivity index (χ3v) is 4.19. The molecule has 1 fully saturated rings. The first-order chi connectivity index (χ1) is 8.44. The van der Waals surface area contributed by atoms with Crippen molar-refractivity contribution in [2.45, 2.75) is 38.3 Å². The van der Waals surface area contributed by atoms with E-state index in [0.29, 0.717) is 0 Å². The molecular formula is C14H19BrN2O. The number of hydrogen-bond donors (Lipinski definition) is 2. The molecule has 3 N–H and O–H groups in total. The first-order valence-electron chi connectivity index (χ1n) is 6.28. The maximum absolute atomic E-state index is 12.1. The molecule has 2 atom stereocenters. The highest BCUT2D eigenvalue weighted by Crippen LogP contribution is 2.46. The minimum atomic E-state index is -0.163. The number of nitrogens with two attached hydrogens (primary N) is 1. The molecule has 2 unspecified atom stereocenters. The standard InChI is InChI=1S/C14H19BrN2O/c1-9(10(2)16)13(18)17-14(6-7-14)11-4-3-5-12(15)8-11/h3-5,8-10H,6-7,16H2,1-2H3,(H,17,18). The van der Waals surface area contributed by atoms with Crippen molar-refractivity contribution in [2.24, 2.45) is 11.7 Å². The van der Waals surface area contributed by atoms with E-state index in [1.807, 2.05) is 26.0 Å². The van der Waals surface area contributed by atoms with Crippen LogP contribution in [0.2, 0.25) is 0 Å². The second-order valence-corrected chi connectivity index (χ2v) is 6.15. The third-order valence-electron chi connectivity index (χ3n) is 3.69. The zero-order valence-corrected chi connectivity index (χ0v) is 12.3. The number of hydrogen-bond acceptors (Lipinski definition) is 2. The second-order valence-electron chi connectivity index (χ2n) is 5.23. The summed E-state index contributed by atoms with van der Waals surface area (Å²) in [4.78, 5) is 12.1. The van der Waals surface area contributed by atoms with Crippen LogP contribution >= 0.6 is 15.9 Å². The van der Waals surface area contributed by atoms with Crippen molar-refractivity contribution in [2.75, 3.05) is 0 Å². The van der Waals surface area contributed by atoms with E-state index in [1.54, 1.807) is 0 Å². The summed E-state index contributed by atoms with van der Waals surface area (Å²) in [6.07, 6.45) is 2.00. The lowest BCUT2D eigenvalue weighted by Gasteiger charge is -2.22. The number of amides is 1. The Morgan fingerprint density at radius 1 is 1.44 bits per heavy atom. The molecule has 98 valence electrons. The van der Waals surface area contributed by atoms with Gasteiger partial charge in [-0.25, -0.2) is 0 Å². The summed E-state index contributed by atoms with van der Waals surface area (Å²) in [5.74, 6) is -0.114.